The average molecular weight is 418 g/mol. The molecule has 0 bridgehead atoms. The van der Waals surface area contributed by atoms with Crippen molar-refractivity contribution in [2.45, 2.75) is 32.3 Å². The first-order valence-electron chi connectivity index (χ1n) is 10.1. The van der Waals surface area contributed by atoms with Gasteiger partial charge in [0, 0.05) is 23.6 Å². The zero-order valence-electron chi connectivity index (χ0n) is 18.2. The molecule has 0 saturated carbocycles. The summed E-state index contributed by atoms with van der Waals surface area (Å²) in [4.78, 5) is 24.3. The van der Waals surface area contributed by atoms with Gasteiger partial charge in [-0.2, -0.15) is 0 Å². The van der Waals surface area contributed by atoms with Crippen LogP contribution >= 0.6 is 0 Å². The standard InChI is InChI=1S/C26H27NO4/c1-26(2,3)31-25(29)27-18-17-22-21(11-8-12-23(22)27)20(15-16-24(28)30-4)14-13-19-9-6-5-7-10-19/h5-18,20H,1-4H3/t20-/m1/s1. The molecule has 31 heavy (non-hydrogen) atoms. The molecule has 0 N–H and O–H groups in total. The van der Waals surface area contributed by atoms with Gasteiger partial charge in [-0.25, -0.2) is 9.59 Å². The van der Waals surface area contributed by atoms with Crippen LogP contribution in [0.5, 0.6) is 0 Å². The highest BCUT2D eigenvalue weighted by atomic mass is 16.6. The molecule has 1 heterocycles. The highest BCUT2D eigenvalue weighted by molar-refractivity contribution is 5.92. The normalized spacial score (nSPS) is 13.0. The van der Waals surface area contributed by atoms with E-state index in [4.69, 9.17) is 9.47 Å². The maximum Gasteiger partial charge on any atom is 0.418 e. The second-order valence-corrected chi connectivity index (χ2v) is 8.12. The highest BCUT2D eigenvalue weighted by Crippen LogP contribution is 2.30. The number of rotatable bonds is 5. The van der Waals surface area contributed by atoms with Crippen molar-refractivity contribution in [1.29, 1.82) is 0 Å². The summed E-state index contributed by atoms with van der Waals surface area (Å²) >= 11 is 0. The van der Waals surface area contributed by atoms with Gasteiger partial charge in [-0.15, -0.1) is 0 Å². The average Bonchev–Trinajstić information content (AvgIpc) is 3.18. The second-order valence-electron chi connectivity index (χ2n) is 8.12. The third kappa shape index (κ3) is 5.72. The van der Waals surface area contributed by atoms with Crippen LogP contribution in [0, 0.1) is 0 Å². The fourth-order valence-corrected chi connectivity index (χ4v) is 3.25. The third-order valence-electron chi connectivity index (χ3n) is 4.65. The molecule has 0 spiro atoms. The van der Waals surface area contributed by atoms with E-state index in [9.17, 15) is 9.59 Å². The molecule has 3 rings (SSSR count). The molecule has 0 radical (unpaired) electrons. The molecule has 0 aliphatic rings. The molecule has 0 amide bonds. The predicted molar refractivity (Wildman–Crippen MR) is 123 cm³/mol. The van der Waals surface area contributed by atoms with E-state index in [1.54, 1.807) is 12.3 Å². The van der Waals surface area contributed by atoms with Crippen LogP contribution in [0.4, 0.5) is 4.79 Å². The minimum absolute atomic E-state index is 0.197. The van der Waals surface area contributed by atoms with Crippen molar-refractivity contribution >= 4 is 29.0 Å². The van der Waals surface area contributed by atoms with Crippen LogP contribution < -0.4 is 0 Å². The summed E-state index contributed by atoms with van der Waals surface area (Å²) in [7, 11) is 1.35. The SMILES string of the molecule is COC(=O)C=C[C@@H](C=Cc1ccccc1)c1cccc2c1ccn2C(=O)OC(C)(C)C. The molecule has 5 heteroatoms. The van der Waals surface area contributed by atoms with E-state index in [2.05, 4.69) is 0 Å². The van der Waals surface area contributed by atoms with E-state index in [-0.39, 0.29) is 5.92 Å². The molecular formula is C26H27NO4. The summed E-state index contributed by atoms with van der Waals surface area (Å²) in [6.07, 6.45) is 8.53. The summed E-state index contributed by atoms with van der Waals surface area (Å²) in [6.45, 7) is 5.51. The van der Waals surface area contributed by atoms with Crippen molar-refractivity contribution < 1.29 is 19.1 Å². The quantitative estimate of drug-likeness (QED) is 0.380. The lowest BCUT2D eigenvalue weighted by Gasteiger charge is -2.20. The number of nitrogens with zero attached hydrogens (tertiary/aromatic N) is 1. The number of benzene rings is 2. The molecule has 0 aliphatic carbocycles. The van der Waals surface area contributed by atoms with Gasteiger partial charge >= 0.3 is 12.1 Å². The molecule has 0 aliphatic heterocycles. The van der Waals surface area contributed by atoms with Crippen LogP contribution in [-0.4, -0.2) is 29.3 Å². The van der Waals surface area contributed by atoms with Crippen LogP contribution in [0.25, 0.3) is 17.0 Å². The Morgan fingerprint density at radius 2 is 1.71 bits per heavy atom. The molecule has 2 aromatic carbocycles. The zero-order valence-corrected chi connectivity index (χ0v) is 18.2. The number of ether oxygens (including phenoxy) is 2. The van der Waals surface area contributed by atoms with E-state index in [1.807, 2.05) is 87.5 Å². The third-order valence-corrected chi connectivity index (χ3v) is 4.65. The van der Waals surface area contributed by atoms with Gasteiger partial charge in [0.1, 0.15) is 5.60 Å². The van der Waals surface area contributed by atoms with Gasteiger partial charge in [-0.1, -0.05) is 60.7 Å². The first-order valence-corrected chi connectivity index (χ1v) is 10.1. The van der Waals surface area contributed by atoms with E-state index in [0.29, 0.717) is 0 Å². The summed E-state index contributed by atoms with van der Waals surface area (Å²) in [5, 5.41) is 0.908. The number of methoxy groups -OCH3 is 1. The van der Waals surface area contributed by atoms with Crippen molar-refractivity contribution in [2.75, 3.05) is 7.11 Å². The monoisotopic (exact) mass is 417 g/mol. The Labute approximate surface area is 182 Å². The van der Waals surface area contributed by atoms with Crippen molar-refractivity contribution in [2.24, 2.45) is 0 Å². The Bertz CT molecular complexity index is 1120. The molecule has 160 valence electrons. The Hall–Kier alpha value is -3.60. The molecular weight excluding hydrogens is 390 g/mol. The predicted octanol–water partition coefficient (Wildman–Crippen LogP) is 5.95. The second kappa shape index (κ2) is 9.47. The maximum atomic E-state index is 12.6. The lowest BCUT2D eigenvalue weighted by Crippen LogP contribution is -2.26. The fourth-order valence-electron chi connectivity index (χ4n) is 3.25. The molecule has 1 aromatic heterocycles. The maximum absolute atomic E-state index is 12.6. The number of carbonyl (C=O) groups is 2. The van der Waals surface area contributed by atoms with Crippen LogP contribution in [0.15, 0.2) is 79.0 Å². The van der Waals surface area contributed by atoms with Gasteiger partial charge in [0.15, 0.2) is 0 Å². The first kappa shape index (κ1) is 22.1. The molecule has 0 unspecified atom stereocenters. The van der Waals surface area contributed by atoms with Crippen molar-refractivity contribution in [3.8, 4) is 0 Å². The van der Waals surface area contributed by atoms with Crippen molar-refractivity contribution in [3.63, 3.8) is 0 Å². The van der Waals surface area contributed by atoms with E-state index in [0.717, 1.165) is 22.0 Å². The largest absolute Gasteiger partial charge is 0.466 e. The molecule has 0 fully saturated rings. The topological polar surface area (TPSA) is 57.5 Å². The summed E-state index contributed by atoms with van der Waals surface area (Å²) in [5.41, 5.74) is 2.18. The van der Waals surface area contributed by atoms with Gasteiger partial charge in [0.2, 0.25) is 0 Å². The first-order chi connectivity index (χ1) is 14.8. The Balaban J connectivity index is 2.03. The summed E-state index contributed by atoms with van der Waals surface area (Å²) in [6, 6.07) is 17.6. The van der Waals surface area contributed by atoms with Crippen molar-refractivity contribution in [1.82, 2.24) is 4.57 Å². The smallest absolute Gasteiger partial charge is 0.418 e. The van der Waals surface area contributed by atoms with Gasteiger partial charge in [-0.05, 0) is 44.0 Å². The minimum Gasteiger partial charge on any atom is -0.466 e. The fraction of sp³-hybridized carbons (Fsp3) is 0.231. The summed E-state index contributed by atoms with van der Waals surface area (Å²) in [5.74, 6) is -0.617. The number of allylic oxidation sites excluding steroid dienone is 2. The van der Waals surface area contributed by atoms with E-state index < -0.39 is 17.7 Å². The number of fused-ring (bicyclic) bond motifs is 1. The number of esters is 1. The molecule has 5 nitrogen and oxygen atoms in total. The Kier molecular flexibility index (Phi) is 6.75. The van der Waals surface area contributed by atoms with Crippen LogP contribution in [0.1, 0.15) is 37.8 Å². The van der Waals surface area contributed by atoms with Crippen LogP contribution in [0.3, 0.4) is 0 Å². The highest BCUT2D eigenvalue weighted by Gasteiger charge is 2.20. The van der Waals surface area contributed by atoms with Crippen LogP contribution in [0.2, 0.25) is 0 Å². The zero-order chi connectivity index (χ0) is 22.4. The van der Waals surface area contributed by atoms with Gasteiger partial charge < -0.3 is 9.47 Å². The van der Waals surface area contributed by atoms with Gasteiger partial charge in [-0.3, -0.25) is 4.57 Å². The Morgan fingerprint density at radius 3 is 2.39 bits per heavy atom. The minimum atomic E-state index is -0.588. The lowest BCUT2D eigenvalue weighted by molar-refractivity contribution is -0.134. The lowest BCUT2D eigenvalue weighted by atomic mass is 9.94. The Morgan fingerprint density at radius 1 is 0.968 bits per heavy atom. The van der Waals surface area contributed by atoms with Gasteiger partial charge in [0.05, 0.1) is 12.6 Å². The molecule has 1 atom stereocenters. The molecule has 0 saturated heterocycles. The van der Waals surface area contributed by atoms with Crippen LogP contribution in [-0.2, 0) is 14.3 Å². The molecule has 3 aromatic rings. The number of aromatic nitrogens is 1. The number of hydrogen-bond acceptors (Lipinski definition) is 4. The number of carbonyl (C=O) groups excluding carboxylic acids is 2. The summed E-state index contributed by atoms with van der Waals surface area (Å²) < 4.78 is 11.8. The number of hydrogen-bond donors (Lipinski definition) is 0. The van der Waals surface area contributed by atoms with Crippen molar-refractivity contribution in [3.05, 3.63) is 90.1 Å². The van der Waals surface area contributed by atoms with E-state index >= 15 is 0 Å². The van der Waals surface area contributed by atoms with E-state index in [1.165, 1.54) is 17.8 Å². The van der Waals surface area contributed by atoms with Gasteiger partial charge in [0.25, 0.3) is 0 Å².